The largest absolute Gasteiger partial charge is 0.468 e. The molecule has 4 nitrogen and oxygen atoms in total. The van der Waals surface area contributed by atoms with Gasteiger partial charge in [-0.3, -0.25) is 4.79 Å². The van der Waals surface area contributed by atoms with Crippen molar-refractivity contribution in [3.05, 3.63) is 0 Å². The third-order valence-corrected chi connectivity index (χ3v) is 5.07. The van der Waals surface area contributed by atoms with Crippen LogP contribution in [0.25, 0.3) is 0 Å². The minimum atomic E-state index is -0.756. The van der Waals surface area contributed by atoms with Gasteiger partial charge in [-0.2, -0.15) is 0 Å². The molecule has 0 aromatic carbocycles. The predicted octanol–water partition coefficient (Wildman–Crippen LogP) is 1.78. The fourth-order valence-corrected chi connectivity index (χ4v) is 3.67. The van der Waals surface area contributed by atoms with Gasteiger partial charge >= 0.3 is 5.97 Å². The molecule has 0 spiro atoms. The molecule has 2 N–H and O–H groups in total. The second-order valence-corrected chi connectivity index (χ2v) is 6.69. The molecule has 0 bridgehead atoms. The minimum Gasteiger partial charge on any atom is -0.468 e. The van der Waals surface area contributed by atoms with Gasteiger partial charge in [-0.05, 0) is 50.5 Å². The number of rotatable bonds is 3. The van der Waals surface area contributed by atoms with Crippen molar-refractivity contribution < 1.29 is 9.53 Å². The van der Waals surface area contributed by atoms with Gasteiger partial charge in [0.15, 0.2) is 0 Å². The van der Waals surface area contributed by atoms with Gasteiger partial charge < -0.3 is 15.4 Å². The Balaban J connectivity index is 1.97. The summed E-state index contributed by atoms with van der Waals surface area (Å²) in [5.41, 5.74) is 5.51. The fourth-order valence-electron chi connectivity index (χ4n) is 3.67. The van der Waals surface area contributed by atoms with Crippen LogP contribution in [0.1, 0.15) is 46.0 Å². The number of nitrogens with zero attached hydrogens (tertiary/aromatic N) is 1. The summed E-state index contributed by atoms with van der Waals surface area (Å²) in [6.07, 6.45) is 4.99. The highest BCUT2D eigenvalue weighted by Gasteiger charge is 2.43. The molecule has 1 aliphatic carbocycles. The Hall–Kier alpha value is -0.610. The molecule has 4 heteroatoms. The van der Waals surface area contributed by atoms with Crippen LogP contribution in [0, 0.1) is 11.8 Å². The van der Waals surface area contributed by atoms with E-state index in [1.807, 2.05) is 0 Å². The number of carbonyl (C=O) groups is 1. The van der Waals surface area contributed by atoms with E-state index < -0.39 is 5.54 Å². The summed E-state index contributed by atoms with van der Waals surface area (Å²) in [5.74, 6) is 1.31. The summed E-state index contributed by atoms with van der Waals surface area (Å²) >= 11 is 0. The smallest absolute Gasteiger partial charge is 0.325 e. The Morgan fingerprint density at radius 3 is 2.74 bits per heavy atom. The molecule has 3 atom stereocenters. The zero-order chi connectivity index (χ0) is 14.0. The maximum Gasteiger partial charge on any atom is 0.325 e. The van der Waals surface area contributed by atoms with Crippen molar-refractivity contribution in [1.29, 1.82) is 0 Å². The van der Waals surface area contributed by atoms with Gasteiger partial charge in [0, 0.05) is 12.6 Å². The Bertz CT molecular complexity index is 332. The molecule has 2 aliphatic rings. The Kier molecular flexibility index (Phi) is 4.51. The quantitative estimate of drug-likeness (QED) is 0.793. The van der Waals surface area contributed by atoms with Crippen LogP contribution in [0.15, 0.2) is 0 Å². The number of carbonyl (C=O) groups excluding carboxylic acids is 1. The minimum absolute atomic E-state index is 0.239. The molecular formula is C15H28N2O2. The standard InChI is InChI=1S/C15H28N2O2/c1-11(2)12-6-8-17(10-12)13-5-4-7-15(16,9-13)14(18)19-3/h11-13H,4-10,16H2,1-3H3. The van der Waals surface area contributed by atoms with Crippen molar-refractivity contribution in [2.24, 2.45) is 17.6 Å². The summed E-state index contributed by atoms with van der Waals surface area (Å²) in [6, 6.07) is 0.460. The van der Waals surface area contributed by atoms with Crippen molar-refractivity contribution in [3.63, 3.8) is 0 Å². The molecule has 2 rings (SSSR count). The molecular weight excluding hydrogens is 240 g/mol. The van der Waals surface area contributed by atoms with Gasteiger partial charge in [-0.15, -0.1) is 0 Å². The van der Waals surface area contributed by atoms with Crippen LogP contribution in [0.2, 0.25) is 0 Å². The van der Waals surface area contributed by atoms with Crippen molar-refractivity contribution in [1.82, 2.24) is 4.90 Å². The zero-order valence-electron chi connectivity index (χ0n) is 12.5. The normalized spacial score (nSPS) is 36.7. The van der Waals surface area contributed by atoms with E-state index >= 15 is 0 Å². The second-order valence-electron chi connectivity index (χ2n) is 6.69. The van der Waals surface area contributed by atoms with Crippen molar-refractivity contribution in [3.8, 4) is 0 Å². The van der Waals surface area contributed by atoms with Crippen LogP contribution in [0.3, 0.4) is 0 Å². The number of methoxy groups -OCH3 is 1. The number of ether oxygens (including phenoxy) is 1. The summed E-state index contributed by atoms with van der Waals surface area (Å²) < 4.78 is 4.88. The first-order chi connectivity index (χ1) is 8.96. The molecule has 0 radical (unpaired) electrons. The molecule has 3 unspecified atom stereocenters. The highest BCUT2D eigenvalue weighted by atomic mass is 16.5. The lowest BCUT2D eigenvalue weighted by Crippen LogP contribution is -2.56. The maximum atomic E-state index is 11.9. The van der Waals surface area contributed by atoms with Crippen LogP contribution in [-0.4, -0.2) is 42.6 Å². The third kappa shape index (κ3) is 3.11. The van der Waals surface area contributed by atoms with E-state index in [2.05, 4.69) is 18.7 Å². The Morgan fingerprint density at radius 1 is 1.42 bits per heavy atom. The van der Waals surface area contributed by atoms with Gasteiger partial charge in [0.05, 0.1) is 7.11 Å². The van der Waals surface area contributed by atoms with Gasteiger partial charge in [0.1, 0.15) is 5.54 Å². The molecule has 1 heterocycles. The molecule has 1 saturated carbocycles. The van der Waals surface area contributed by atoms with E-state index in [4.69, 9.17) is 10.5 Å². The van der Waals surface area contributed by atoms with Crippen LogP contribution in [0.5, 0.6) is 0 Å². The van der Waals surface area contributed by atoms with Crippen molar-refractivity contribution >= 4 is 5.97 Å². The summed E-state index contributed by atoms with van der Waals surface area (Å²) in [7, 11) is 1.44. The van der Waals surface area contributed by atoms with Crippen LogP contribution in [-0.2, 0) is 9.53 Å². The number of hydrogen-bond donors (Lipinski definition) is 1. The highest BCUT2D eigenvalue weighted by molar-refractivity contribution is 5.80. The van der Waals surface area contributed by atoms with Crippen LogP contribution >= 0.6 is 0 Å². The van der Waals surface area contributed by atoms with Crippen molar-refractivity contribution in [2.45, 2.75) is 57.5 Å². The average Bonchev–Trinajstić information content (AvgIpc) is 2.87. The van der Waals surface area contributed by atoms with Crippen molar-refractivity contribution in [2.75, 3.05) is 20.2 Å². The summed E-state index contributed by atoms with van der Waals surface area (Å²) in [5, 5.41) is 0. The number of likely N-dealkylation sites (tertiary alicyclic amines) is 1. The summed E-state index contributed by atoms with van der Waals surface area (Å²) in [6.45, 7) is 6.93. The van der Waals surface area contributed by atoms with E-state index in [-0.39, 0.29) is 5.97 Å². The lowest BCUT2D eigenvalue weighted by molar-refractivity contribution is -0.149. The monoisotopic (exact) mass is 268 g/mol. The van der Waals surface area contributed by atoms with E-state index in [9.17, 15) is 4.79 Å². The molecule has 0 amide bonds. The lowest BCUT2D eigenvalue weighted by atomic mass is 9.79. The Morgan fingerprint density at radius 2 is 2.16 bits per heavy atom. The number of nitrogens with two attached hydrogens (primary N) is 1. The second kappa shape index (κ2) is 5.80. The van der Waals surface area contributed by atoms with Gasteiger partial charge in [0.25, 0.3) is 0 Å². The van der Waals surface area contributed by atoms with E-state index in [0.717, 1.165) is 37.6 Å². The fraction of sp³-hybridized carbons (Fsp3) is 0.933. The number of hydrogen-bond acceptors (Lipinski definition) is 4. The molecule has 1 saturated heterocycles. The van der Waals surface area contributed by atoms with Gasteiger partial charge in [0.2, 0.25) is 0 Å². The molecule has 1 aliphatic heterocycles. The molecule has 0 aromatic heterocycles. The summed E-state index contributed by atoms with van der Waals surface area (Å²) in [4.78, 5) is 14.4. The van der Waals surface area contributed by atoms with Gasteiger partial charge in [-0.1, -0.05) is 13.8 Å². The van der Waals surface area contributed by atoms with E-state index in [1.165, 1.54) is 26.5 Å². The SMILES string of the molecule is COC(=O)C1(N)CCCC(N2CCC(C(C)C)C2)C1. The van der Waals surface area contributed by atoms with Crippen LogP contribution in [0.4, 0.5) is 0 Å². The lowest BCUT2D eigenvalue weighted by Gasteiger charge is -2.39. The average molecular weight is 268 g/mol. The zero-order valence-corrected chi connectivity index (χ0v) is 12.5. The Labute approximate surface area is 116 Å². The van der Waals surface area contributed by atoms with E-state index in [1.54, 1.807) is 0 Å². The number of esters is 1. The maximum absolute atomic E-state index is 11.9. The molecule has 110 valence electrons. The molecule has 19 heavy (non-hydrogen) atoms. The topological polar surface area (TPSA) is 55.6 Å². The predicted molar refractivity (Wildman–Crippen MR) is 75.7 cm³/mol. The highest BCUT2D eigenvalue weighted by Crippen LogP contribution is 2.34. The van der Waals surface area contributed by atoms with E-state index in [0.29, 0.717) is 6.04 Å². The van der Waals surface area contributed by atoms with Gasteiger partial charge in [-0.25, -0.2) is 0 Å². The van der Waals surface area contributed by atoms with Crippen LogP contribution < -0.4 is 5.73 Å². The molecule has 0 aromatic rings. The third-order valence-electron chi connectivity index (χ3n) is 5.07. The first-order valence-electron chi connectivity index (χ1n) is 7.57. The molecule has 2 fully saturated rings. The first-order valence-corrected chi connectivity index (χ1v) is 7.57. The first kappa shape index (κ1) is 14.8.